The van der Waals surface area contributed by atoms with Crippen molar-refractivity contribution in [3.8, 4) is 0 Å². The minimum Gasteiger partial charge on any atom is -0.361 e. The molecule has 5 aliphatic rings. The van der Waals surface area contributed by atoms with Crippen molar-refractivity contribution in [1.82, 2.24) is 39.5 Å². The Morgan fingerprint density at radius 3 is 1.68 bits per heavy atom. The lowest BCUT2D eigenvalue weighted by molar-refractivity contribution is 0.0689. The zero-order valence-corrected chi connectivity index (χ0v) is 37.8. The summed E-state index contributed by atoms with van der Waals surface area (Å²) in [6, 6.07) is 13.3. The van der Waals surface area contributed by atoms with Crippen LogP contribution in [0.3, 0.4) is 0 Å². The van der Waals surface area contributed by atoms with E-state index >= 15 is 0 Å². The Balaban J connectivity index is 0.000000152. The van der Waals surface area contributed by atoms with Crippen molar-refractivity contribution in [1.29, 1.82) is 0 Å². The van der Waals surface area contributed by atoms with Gasteiger partial charge in [-0.2, -0.15) is 0 Å². The number of carbonyl (C=O) groups is 2. The number of fused-ring (bicyclic) bond motifs is 6. The largest absolute Gasteiger partial charge is 0.361 e. The summed E-state index contributed by atoms with van der Waals surface area (Å²) in [6.45, 7) is 17.4. The summed E-state index contributed by atoms with van der Waals surface area (Å²) in [7, 11) is 0. The molecular formula is C51H64N8O4. The molecule has 4 aliphatic heterocycles. The van der Waals surface area contributed by atoms with Gasteiger partial charge in [0.2, 0.25) is 0 Å². The summed E-state index contributed by atoms with van der Waals surface area (Å²) in [5.74, 6) is 3.53. The summed E-state index contributed by atoms with van der Waals surface area (Å²) >= 11 is 0. The molecule has 8 heterocycles. The van der Waals surface area contributed by atoms with E-state index in [-0.39, 0.29) is 11.8 Å². The van der Waals surface area contributed by atoms with Crippen LogP contribution in [-0.4, -0.2) is 91.3 Å². The van der Waals surface area contributed by atoms with Crippen LogP contribution in [0.15, 0.2) is 57.8 Å². The van der Waals surface area contributed by atoms with Gasteiger partial charge in [0, 0.05) is 127 Å². The fourth-order valence-corrected chi connectivity index (χ4v) is 11.1. The third-order valence-electron chi connectivity index (χ3n) is 15.2. The standard InChI is InChI=1S/C28H36N4O2.C23H28N4O2/c1-19-9-12-30(13-10-19)28(33)21-7-8-26-24(15-21)25-18-31(23-5-3-4-6-23)14-11-27(25)32(26)17-22-16-29-34-20(22)2;1-15-6-9-26(10-7-15)23(28)17-3-4-21-19(11-17)20-13-24-8-5-22(20)27(21)14-18-12-25-29-16(18)2/h7-8,15-16,19,23H,3-6,9-14,17-18H2,1-2H3;3-4,11-12,15,24H,5-10,13-14H2,1-2H3. The van der Waals surface area contributed by atoms with Crippen molar-refractivity contribution in [2.75, 3.05) is 39.3 Å². The normalized spacial score (nSPS) is 19.1. The van der Waals surface area contributed by atoms with E-state index in [0.717, 1.165) is 150 Å². The van der Waals surface area contributed by atoms with Gasteiger partial charge in [0.25, 0.3) is 11.8 Å². The van der Waals surface area contributed by atoms with Crippen molar-refractivity contribution in [2.24, 2.45) is 11.8 Å². The summed E-state index contributed by atoms with van der Waals surface area (Å²) in [4.78, 5) is 33.3. The fourth-order valence-electron chi connectivity index (χ4n) is 11.1. The molecule has 1 aliphatic carbocycles. The number of nitrogens with one attached hydrogen (secondary N) is 1. The van der Waals surface area contributed by atoms with Gasteiger partial charge in [-0.25, -0.2) is 0 Å². The van der Waals surface area contributed by atoms with E-state index in [4.69, 9.17) is 9.05 Å². The molecule has 332 valence electrons. The van der Waals surface area contributed by atoms with Crippen molar-refractivity contribution >= 4 is 33.6 Å². The van der Waals surface area contributed by atoms with E-state index in [1.54, 1.807) is 0 Å². The highest BCUT2D eigenvalue weighted by Crippen LogP contribution is 2.37. The Morgan fingerprint density at radius 1 is 0.667 bits per heavy atom. The van der Waals surface area contributed by atoms with Gasteiger partial charge in [-0.3, -0.25) is 14.5 Å². The smallest absolute Gasteiger partial charge is 0.253 e. The minimum atomic E-state index is 0.166. The van der Waals surface area contributed by atoms with Crippen LogP contribution in [0.25, 0.3) is 21.8 Å². The Morgan fingerprint density at radius 2 is 1.17 bits per heavy atom. The number of aromatic nitrogens is 4. The summed E-state index contributed by atoms with van der Waals surface area (Å²) in [5, 5.41) is 13.9. The van der Waals surface area contributed by atoms with Crippen LogP contribution < -0.4 is 5.32 Å². The molecule has 0 bridgehead atoms. The van der Waals surface area contributed by atoms with Gasteiger partial charge in [0.15, 0.2) is 0 Å². The maximum Gasteiger partial charge on any atom is 0.253 e. The average molecular weight is 853 g/mol. The van der Waals surface area contributed by atoms with Crippen LogP contribution >= 0.6 is 0 Å². The second-order valence-electron chi connectivity index (χ2n) is 19.3. The zero-order chi connectivity index (χ0) is 43.2. The third kappa shape index (κ3) is 8.25. The molecule has 4 aromatic heterocycles. The topological polar surface area (TPSA) is 118 Å². The van der Waals surface area contributed by atoms with Crippen molar-refractivity contribution in [3.63, 3.8) is 0 Å². The third-order valence-corrected chi connectivity index (χ3v) is 15.2. The highest BCUT2D eigenvalue weighted by atomic mass is 16.5. The first-order valence-corrected chi connectivity index (χ1v) is 23.8. The predicted octanol–water partition coefficient (Wildman–Crippen LogP) is 8.66. The Kier molecular flexibility index (Phi) is 11.8. The lowest BCUT2D eigenvalue weighted by Crippen LogP contribution is -2.38. The molecule has 0 radical (unpaired) electrons. The number of nitrogens with zero attached hydrogens (tertiary/aromatic N) is 7. The SMILES string of the molecule is Cc1oncc1Cn1c2c(c3cc(C(=O)N4CCC(C)CC4)ccc31)CN(C1CCCC1)CC2.Cc1oncc1Cn1c2c(c3cc(C(=O)N4CCC(C)CC4)ccc31)CNCC2. The van der Waals surface area contributed by atoms with Crippen LogP contribution in [-0.2, 0) is 39.0 Å². The molecule has 2 amide bonds. The molecule has 0 atom stereocenters. The highest BCUT2D eigenvalue weighted by molar-refractivity contribution is 6.00. The van der Waals surface area contributed by atoms with Gasteiger partial charge < -0.3 is 33.3 Å². The number of piperidine rings is 2. The van der Waals surface area contributed by atoms with E-state index < -0.39 is 0 Å². The Bertz CT molecular complexity index is 2610. The van der Waals surface area contributed by atoms with Crippen LogP contribution in [0.4, 0.5) is 0 Å². The molecule has 11 rings (SSSR count). The van der Waals surface area contributed by atoms with Gasteiger partial charge in [-0.05, 0) is 112 Å². The molecule has 0 unspecified atom stereocenters. The monoisotopic (exact) mass is 853 g/mol. The molecule has 12 nitrogen and oxygen atoms in total. The average Bonchev–Trinajstić information content (AvgIpc) is 4.17. The molecule has 63 heavy (non-hydrogen) atoms. The molecule has 0 spiro atoms. The number of likely N-dealkylation sites (tertiary alicyclic amines) is 2. The lowest BCUT2D eigenvalue weighted by atomic mass is 9.98. The number of amides is 2. The minimum absolute atomic E-state index is 0.166. The second kappa shape index (κ2) is 17.8. The van der Waals surface area contributed by atoms with Gasteiger partial charge in [-0.15, -0.1) is 0 Å². The molecule has 1 saturated carbocycles. The number of benzene rings is 2. The summed E-state index contributed by atoms with van der Waals surface area (Å²) in [6.07, 6.45) is 15.5. The first-order chi connectivity index (χ1) is 30.7. The Labute approximate surface area is 370 Å². The van der Waals surface area contributed by atoms with Crippen molar-refractivity contribution < 1.29 is 18.6 Å². The van der Waals surface area contributed by atoms with Crippen LogP contribution in [0.1, 0.15) is 131 Å². The molecule has 2 saturated heterocycles. The molecular weight excluding hydrogens is 789 g/mol. The maximum absolute atomic E-state index is 13.4. The number of hydrogen-bond acceptors (Lipinski definition) is 8. The first-order valence-electron chi connectivity index (χ1n) is 23.8. The number of rotatable bonds is 7. The lowest BCUT2D eigenvalue weighted by Gasteiger charge is -2.33. The number of carbonyl (C=O) groups excluding carboxylic acids is 2. The van der Waals surface area contributed by atoms with E-state index in [0.29, 0.717) is 6.04 Å². The quantitative estimate of drug-likeness (QED) is 0.170. The highest BCUT2D eigenvalue weighted by Gasteiger charge is 2.31. The predicted molar refractivity (Wildman–Crippen MR) is 245 cm³/mol. The second-order valence-corrected chi connectivity index (χ2v) is 19.3. The molecule has 3 fully saturated rings. The summed E-state index contributed by atoms with van der Waals surface area (Å²) < 4.78 is 15.5. The molecule has 2 aromatic carbocycles. The van der Waals surface area contributed by atoms with E-state index in [1.165, 1.54) is 70.0 Å². The van der Waals surface area contributed by atoms with Crippen LogP contribution in [0.2, 0.25) is 0 Å². The number of aryl methyl sites for hydroxylation is 2. The first kappa shape index (κ1) is 41.8. The van der Waals surface area contributed by atoms with E-state index in [1.807, 2.05) is 43.3 Å². The van der Waals surface area contributed by atoms with Crippen LogP contribution in [0, 0.1) is 25.7 Å². The van der Waals surface area contributed by atoms with Crippen LogP contribution in [0.5, 0.6) is 0 Å². The van der Waals surface area contributed by atoms with Crippen molar-refractivity contribution in [2.45, 2.75) is 124 Å². The number of hydrogen-bond donors (Lipinski definition) is 1. The molecule has 12 heteroatoms. The fraction of sp³-hybridized carbons (Fsp3) is 0.529. The molecule has 1 N–H and O–H groups in total. The van der Waals surface area contributed by atoms with Gasteiger partial charge in [0.05, 0.1) is 25.5 Å². The van der Waals surface area contributed by atoms with Gasteiger partial charge >= 0.3 is 0 Å². The van der Waals surface area contributed by atoms with Gasteiger partial charge in [0.1, 0.15) is 11.5 Å². The Hall–Kier alpha value is -5.20. The maximum atomic E-state index is 13.4. The van der Waals surface area contributed by atoms with E-state index in [2.05, 4.69) is 72.7 Å². The summed E-state index contributed by atoms with van der Waals surface area (Å²) in [5.41, 5.74) is 11.8. The zero-order valence-electron chi connectivity index (χ0n) is 37.8. The molecule has 6 aromatic rings. The van der Waals surface area contributed by atoms with Crippen molar-refractivity contribution in [3.05, 3.63) is 105 Å². The van der Waals surface area contributed by atoms with Gasteiger partial charge in [-0.1, -0.05) is 37.0 Å². The van der Waals surface area contributed by atoms with E-state index in [9.17, 15) is 9.59 Å².